The Kier molecular flexibility index (Phi) is 3.70. The quantitative estimate of drug-likeness (QED) is 0.926. The summed E-state index contributed by atoms with van der Waals surface area (Å²) in [5.41, 5.74) is 0.103. The summed E-state index contributed by atoms with van der Waals surface area (Å²) in [6.45, 7) is 0.640. The van der Waals surface area contributed by atoms with E-state index < -0.39 is 5.41 Å². The second-order valence-corrected chi connectivity index (χ2v) is 5.62. The van der Waals surface area contributed by atoms with Crippen LogP contribution in [-0.4, -0.2) is 12.7 Å². The highest BCUT2D eigenvalue weighted by Gasteiger charge is 2.39. The van der Waals surface area contributed by atoms with Gasteiger partial charge in [0.15, 0.2) is 11.5 Å². The number of rotatable bonds is 3. The van der Waals surface area contributed by atoms with E-state index in [4.69, 9.17) is 9.47 Å². The molecule has 1 aromatic rings. The van der Waals surface area contributed by atoms with Crippen LogP contribution in [0.15, 0.2) is 18.2 Å². The summed E-state index contributed by atoms with van der Waals surface area (Å²) >= 11 is 0. The average Bonchev–Trinajstić information content (AvgIpc) is 3.00. The number of ether oxygens (including phenoxy) is 2. The molecule has 1 N–H and O–H groups in total. The van der Waals surface area contributed by atoms with Gasteiger partial charge < -0.3 is 14.8 Å². The van der Waals surface area contributed by atoms with Crippen LogP contribution in [0.1, 0.15) is 37.7 Å². The van der Waals surface area contributed by atoms with E-state index in [2.05, 4.69) is 11.4 Å². The van der Waals surface area contributed by atoms with Gasteiger partial charge in [-0.3, -0.25) is 4.79 Å². The Morgan fingerprint density at radius 3 is 2.76 bits per heavy atom. The third-order valence-electron chi connectivity index (χ3n) is 4.25. The minimum atomic E-state index is -0.839. The first-order valence-electron chi connectivity index (χ1n) is 7.32. The molecule has 1 saturated carbocycles. The topological polar surface area (TPSA) is 71.4 Å². The second-order valence-electron chi connectivity index (χ2n) is 5.62. The molecular weight excluding hydrogens is 268 g/mol. The molecule has 0 unspecified atom stereocenters. The molecule has 110 valence electrons. The van der Waals surface area contributed by atoms with E-state index in [1.807, 2.05) is 18.2 Å². The number of hydrogen-bond donors (Lipinski definition) is 1. The molecule has 0 saturated heterocycles. The molecule has 2 aliphatic rings. The molecule has 5 nitrogen and oxygen atoms in total. The van der Waals surface area contributed by atoms with Crippen LogP contribution in [0.3, 0.4) is 0 Å². The monoisotopic (exact) mass is 286 g/mol. The van der Waals surface area contributed by atoms with Crippen LogP contribution in [0.5, 0.6) is 11.5 Å². The van der Waals surface area contributed by atoms with Crippen molar-refractivity contribution in [2.45, 2.75) is 38.6 Å². The van der Waals surface area contributed by atoms with Crippen LogP contribution in [0.2, 0.25) is 0 Å². The maximum absolute atomic E-state index is 12.4. The molecule has 0 aromatic heterocycles. The van der Waals surface area contributed by atoms with Crippen LogP contribution in [0.4, 0.5) is 0 Å². The summed E-state index contributed by atoms with van der Waals surface area (Å²) in [6.07, 6.45) is 4.34. The van der Waals surface area contributed by atoms with Gasteiger partial charge in [0.2, 0.25) is 12.7 Å². The summed E-state index contributed by atoms with van der Waals surface area (Å²) in [7, 11) is 0. The van der Waals surface area contributed by atoms with Crippen LogP contribution in [0.25, 0.3) is 0 Å². The minimum absolute atomic E-state index is 0.151. The molecule has 1 aromatic carbocycles. The van der Waals surface area contributed by atoms with E-state index in [1.165, 1.54) is 0 Å². The number of benzene rings is 1. The minimum Gasteiger partial charge on any atom is -0.454 e. The Morgan fingerprint density at radius 1 is 1.24 bits per heavy atom. The Bertz CT molecular complexity index is 586. The van der Waals surface area contributed by atoms with Crippen LogP contribution in [0, 0.1) is 16.7 Å². The molecule has 1 aliphatic carbocycles. The summed E-state index contributed by atoms with van der Waals surface area (Å²) in [4.78, 5) is 12.4. The van der Waals surface area contributed by atoms with Crippen molar-refractivity contribution in [1.29, 1.82) is 5.26 Å². The number of fused-ring (bicyclic) bond motifs is 1. The van der Waals surface area contributed by atoms with Gasteiger partial charge in [-0.05, 0) is 30.5 Å². The van der Waals surface area contributed by atoms with E-state index >= 15 is 0 Å². The van der Waals surface area contributed by atoms with Crippen molar-refractivity contribution in [3.05, 3.63) is 23.8 Å². The molecule has 1 amide bonds. The van der Waals surface area contributed by atoms with Gasteiger partial charge in [0.05, 0.1) is 6.07 Å². The lowest BCUT2D eigenvalue weighted by atomic mass is 9.74. The lowest BCUT2D eigenvalue weighted by molar-refractivity contribution is -0.129. The molecule has 0 spiro atoms. The van der Waals surface area contributed by atoms with Gasteiger partial charge in [-0.15, -0.1) is 0 Å². The number of carbonyl (C=O) groups excluding carboxylic acids is 1. The highest BCUT2D eigenvalue weighted by atomic mass is 16.7. The number of nitrogens with one attached hydrogen (secondary N) is 1. The summed E-state index contributed by atoms with van der Waals surface area (Å²) in [6, 6.07) is 7.84. The van der Waals surface area contributed by atoms with Crippen molar-refractivity contribution < 1.29 is 14.3 Å². The molecule has 0 atom stereocenters. The lowest BCUT2D eigenvalue weighted by Crippen LogP contribution is -2.41. The molecular formula is C16H18N2O3. The van der Waals surface area contributed by atoms with E-state index in [0.29, 0.717) is 25.1 Å². The first-order chi connectivity index (χ1) is 10.2. The summed E-state index contributed by atoms with van der Waals surface area (Å²) in [5, 5.41) is 12.3. The van der Waals surface area contributed by atoms with E-state index in [1.54, 1.807) is 0 Å². The number of nitrogens with zero attached hydrogens (tertiary/aromatic N) is 1. The zero-order chi connectivity index (χ0) is 14.7. The van der Waals surface area contributed by atoms with Crippen molar-refractivity contribution >= 4 is 5.91 Å². The first kappa shape index (κ1) is 13.7. The molecule has 3 rings (SSSR count). The first-order valence-corrected chi connectivity index (χ1v) is 7.32. The van der Waals surface area contributed by atoms with Gasteiger partial charge in [-0.1, -0.05) is 25.3 Å². The molecule has 1 aliphatic heterocycles. The average molecular weight is 286 g/mol. The Morgan fingerprint density at radius 2 is 2.00 bits per heavy atom. The fourth-order valence-corrected chi connectivity index (χ4v) is 2.95. The van der Waals surface area contributed by atoms with Crippen molar-refractivity contribution in [2.24, 2.45) is 5.41 Å². The zero-order valence-electron chi connectivity index (χ0n) is 11.9. The second kappa shape index (κ2) is 5.65. The van der Waals surface area contributed by atoms with Gasteiger partial charge >= 0.3 is 0 Å². The SMILES string of the molecule is N#CC1(C(=O)NCc2ccc3c(c2)OCO3)CCCCC1. The largest absolute Gasteiger partial charge is 0.454 e. The highest BCUT2D eigenvalue weighted by molar-refractivity contribution is 5.85. The Balaban J connectivity index is 1.64. The van der Waals surface area contributed by atoms with Crippen molar-refractivity contribution in [3.63, 3.8) is 0 Å². The molecule has 1 fully saturated rings. The van der Waals surface area contributed by atoms with Crippen LogP contribution >= 0.6 is 0 Å². The smallest absolute Gasteiger partial charge is 0.240 e. The fraction of sp³-hybridized carbons (Fsp3) is 0.500. The third-order valence-corrected chi connectivity index (χ3v) is 4.25. The molecule has 1 heterocycles. The number of carbonyl (C=O) groups is 1. The predicted octanol–water partition coefficient (Wildman–Crippen LogP) is 2.51. The highest BCUT2D eigenvalue weighted by Crippen LogP contribution is 2.36. The molecule has 0 bridgehead atoms. The van der Waals surface area contributed by atoms with E-state index in [-0.39, 0.29) is 12.7 Å². The molecule has 0 radical (unpaired) electrons. The van der Waals surface area contributed by atoms with Gasteiger partial charge in [0.1, 0.15) is 5.41 Å². The Hall–Kier alpha value is -2.22. The van der Waals surface area contributed by atoms with E-state index in [9.17, 15) is 10.1 Å². The van der Waals surface area contributed by atoms with Crippen LogP contribution in [-0.2, 0) is 11.3 Å². The standard InChI is InChI=1S/C16H18N2O3/c17-10-16(6-2-1-3-7-16)15(19)18-9-12-4-5-13-14(8-12)21-11-20-13/h4-5,8H,1-3,6-7,9,11H2,(H,18,19). The van der Waals surface area contributed by atoms with Gasteiger partial charge in [-0.25, -0.2) is 0 Å². The molecule has 21 heavy (non-hydrogen) atoms. The normalized spacial score (nSPS) is 18.8. The third kappa shape index (κ3) is 2.66. The predicted molar refractivity (Wildman–Crippen MR) is 75.5 cm³/mol. The van der Waals surface area contributed by atoms with Crippen molar-refractivity contribution in [3.8, 4) is 17.6 Å². The van der Waals surface area contributed by atoms with E-state index in [0.717, 1.165) is 30.6 Å². The number of hydrogen-bond acceptors (Lipinski definition) is 4. The van der Waals surface area contributed by atoms with Gasteiger partial charge in [0.25, 0.3) is 0 Å². The van der Waals surface area contributed by atoms with Crippen molar-refractivity contribution in [2.75, 3.05) is 6.79 Å². The number of nitriles is 1. The summed E-state index contributed by atoms with van der Waals surface area (Å²) < 4.78 is 10.6. The maximum atomic E-state index is 12.4. The molecule has 5 heteroatoms. The van der Waals surface area contributed by atoms with Gasteiger partial charge in [0, 0.05) is 6.54 Å². The van der Waals surface area contributed by atoms with Crippen LogP contribution < -0.4 is 14.8 Å². The maximum Gasteiger partial charge on any atom is 0.240 e. The fourth-order valence-electron chi connectivity index (χ4n) is 2.95. The lowest BCUT2D eigenvalue weighted by Gasteiger charge is -2.29. The Labute approximate surface area is 123 Å². The van der Waals surface area contributed by atoms with Crippen molar-refractivity contribution in [1.82, 2.24) is 5.32 Å². The number of amides is 1. The van der Waals surface area contributed by atoms with Gasteiger partial charge in [-0.2, -0.15) is 5.26 Å². The summed E-state index contributed by atoms with van der Waals surface area (Å²) in [5.74, 6) is 1.28. The zero-order valence-corrected chi connectivity index (χ0v) is 11.9.